The van der Waals surface area contributed by atoms with Crippen LogP contribution in [0, 0.1) is 0 Å². The van der Waals surface area contributed by atoms with Crippen LogP contribution in [0.2, 0.25) is 0 Å². The standard InChI is InChI=1S/C16H19N3O2S/c1-17-7-9-18(10-8-17)12-19-15(20)14(22-16(19)21)11-13-5-3-2-4-6-13/h2-6,11H,7-10,12H2,1H3. The molecule has 1 aromatic rings. The average Bonchev–Trinajstić information content (AvgIpc) is 2.78. The van der Waals surface area contributed by atoms with Crippen LogP contribution in [0.3, 0.4) is 0 Å². The first-order chi connectivity index (χ1) is 10.6. The lowest BCUT2D eigenvalue weighted by molar-refractivity contribution is -0.124. The first kappa shape index (κ1) is 15.3. The SMILES string of the molecule is CN1CCN(CN2C(=O)SC(=Cc3ccccc3)C2=O)CC1. The van der Waals surface area contributed by atoms with Crippen molar-refractivity contribution < 1.29 is 9.59 Å². The summed E-state index contributed by atoms with van der Waals surface area (Å²) in [7, 11) is 2.08. The van der Waals surface area contributed by atoms with Gasteiger partial charge in [0.25, 0.3) is 11.1 Å². The summed E-state index contributed by atoms with van der Waals surface area (Å²) < 4.78 is 0. The molecule has 0 bridgehead atoms. The highest BCUT2D eigenvalue weighted by atomic mass is 32.2. The molecule has 2 heterocycles. The van der Waals surface area contributed by atoms with Gasteiger partial charge >= 0.3 is 0 Å². The lowest BCUT2D eigenvalue weighted by Crippen LogP contribution is -2.49. The Balaban J connectivity index is 1.68. The normalized spacial score (nSPS) is 22.8. The number of carbonyl (C=O) groups excluding carboxylic acids is 2. The maximum absolute atomic E-state index is 12.4. The lowest BCUT2D eigenvalue weighted by atomic mass is 10.2. The first-order valence-electron chi connectivity index (χ1n) is 7.35. The molecule has 0 spiro atoms. The van der Waals surface area contributed by atoms with E-state index in [-0.39, 0.29) is 11.1 Å². The number of imide groups is 1. The maximum atomic E-state index is 12.4. The van der Waals surface area contributed by atoms with Gasteiger partial charge in [0, 0.05) is 26.2 Å². The van der Waals surface area contributed by atoms with Crippen LogP contribution in [0.4, 0.5) is 4.79 Å². The predicted octanol–water partition coefficient (Wildman–Crippen LogP) is 1.93. The fourth-order valence-electron chi connectivity index (χ4n) is 2.51. The number of thioether (sulfide) groups is 1. The summed E-state index contributed by atoms with van der Waals surface area (Å²) in [6, 6.07) is 9.61. The van der Waals surface area contributed by atoms with E-state index in [9.17, 15) is 9.59 Å². The highest BCUT2D eigenvalue weighted by Gasteiger charge is 2.36. The Bertz CT molecular complexity index is 595. The third-order valence-electron chi connectivity index (χ3n) is 3.91. The lowest BCUT2D eigenvalue weighted by Gasteiger charge is -2.33. The molecule has 0 aliphatic carbocycles. The second kappa shape index (κ2) is 6.64. The first-order valence-corrected chi connectivity index (χ1v) is 8.16. The van der Waals surface area contributed by atoms with Crippen LogP contribution < -0.4 is 0 Å². The Hall–Kier alpha value is -1.63. The van der Waals surface area contributed by atoms with Crippen molar-refractivity contribution in [3.05, 3.63) is 40.8 Å². The molecule has 0 unspecified atom stereocenters. The number of benzene rings is 1. The molecule has 2 amide bonds. The average molecular weight is 317 g/mol. The zero-order valence-electron chi connectivity index (χ0n) is 12.6. The van der Waals surface area contributed by atoms with E-state index >= 15 is 0 Å². The summed E-state index contributed by atoms with van der Waals surface area (Å²) in [5.74, 6) is -0.183. The molecule has 0 radical (unpaired) electrons. The molecule has 2 saturated heterocycles. The molecule has 0 atom stereocenters. The number of piperazine rings is 1. The van der Waals surface area contributed by atoms with E-state index in [2.05, 4.69) is 16.8 Å². The van der Waals surface area contributed by atoms with Crippen molar-refractivity contribution >= 4 is 29.0 Å². The highest BCUT2D eigenvalue weighted by molar-refractivity contribution is 8.18. The smallest absolute Gasteiger partial charge is 0.294 e. The molecule has 0 aromatic heterocycles. The van der Waals surface area contributed by atoms with Gasteiger partial charge in [-0.25, -0.2) is 0 Å². The number of likely N-dealkylation sites (N-methyl/N-ethyl adjacent to an activating group) is 1. The van der Waals surface area contributed by atoms with Gasteiger partial charge in [-0.3, -0.25) is 19.4 Å². The van der Waals surface area contributed by atoms with Crippen LogP contribution in [-0.4, -0.2) is 65.7 Å². The van der Waals surface area contributed by atoms with E-state index in [1.165, 1.54) is 4.90 Å². The van der Waals surface area contributed by atoms with E-state index in [1.807, 2.05) is 30.3 Å². The van der Waals surface area contributed by atoms with Crippen molar-refractivity contribution in [1.29, 1.82) is 0 Å². The Labute approximate surface area is 134 Å². The number of hydrogen-bond donors (Lipinski definition) is 0. The van der Waals surface area contributed by atoms with Gasteiger partial charge in [0.05, 0.1) is 11.6 Å². The summed E-state index contributed by atoms with van der Waals surface area (Å²) in [4.78, 5) is 30.8. The van der Waals surface area contributed by atoms with Gasteiger partial charge in [0.1, 0.15) is 0 Å². The van der Waals surface area contributed by atoms with Gasteiger partial charge in [-0.15, -0.1) is 0 Å². The summed E-state index contributed by atoms with van der Waals surface area (Å²) in [5.41, 5.74) is 0.938. The minimum Gasteiger partial charge on any atom is -0.304 e. The molecule has 0 N–H and O–H groups in total. The summed E-state index contributed by atoms with van der Waals surface area (Å²) in [6.45, 7) is 4.10. The molecule has 116 valence electrons. The monoisotopic (exact) mass is 317 g/mol. The van der Waals surface area contributed by atoms with E-state index < -0.39 is 0 Å². The van der Waals surface area contributed by atoms with Gasteiger partial charge in [0.2, 0.25) is 0 Å². The van der Waals surface area contributed by atoms with Crippen molar-refractivity contribution in [2.45, 2.75) is 0 Å². The number of nitrogens with zero attached hydrogens (tertiary/aromatic N) is 3. The predicted molar refractivity (Wildman–Crippen MR) is 88.2 cm³/mol. The van der Waals surface area contributed by atoms with E-state index in [0.717, 1.165) is 43.5 Å². The molecule has 1 aromatic carbocycles. The van der Waals surface area contributed by atoms with E-state index in [0.29, 0.717) is 11.6 Å². The topological polar surface area (TPSA) is 43.9 Å². The molecule has 5 nitrogen and oxygen atoms in total. The van der Waals surface area contributed by atoms with Gasteiger partial charge in [-0.05, 0) is 30.4 Å². The van der Waals surface area contributed by atoms with Gasteiger partial charge in [-0.2, -0.15) is 0 Å². The Morgan fingerprint density at radius 2 is 1.77 bits per heavy atom. The molecule has 22 heavy (non-hydrogen) atoms. The van der Waals surface area contributed by atoms with Crippen molar-refractivity contribution in [2.24, 2.45) is 0 Å². The third-order valence-corrected chi connectivity index (χ3v) is 4.82. The highest BCUT2D eigenvalue weighted by Crippen LogP contribution is 2.32. The van der Waals surface area contributed by atoms with Crippen LogP contribution >= 0.6 is 11.8 Å². The fourth-order valence-corrected chi connectivity index (χ4v) is 3.34. The number of hydrogen-bond acceptors (Lipinski definition) is 5. The molecule has 2 aliphatic heterocycles. The quantitative estimate of drug-likeness (QED) is 0.797. The molecule has 3 rings (SSSR count). The minimum atomic E-state index is -0.183. The maximum Gasteiger partial charge on any atom is 0.294 e. The van der Waals surface area contributed by atoms with Crippen LogP contribution in [0.1, 0.15) is 5.56 Å². The van der Waals surface area contributed by atoms with Gasteiger partial charge in [-0.1, -0.05) is 30.3 Å². The fraction of sp³-hybridized carbons (Fsp3) is 0.375. The van der Waals surface area contributed by atoms with Crippen LogP contribution in [0.15, 0.2) is 35.2 Å². The Kier molecular flexibility index (Phi) is 4.61. The molecular formula is C16H19N3O2S. The minimum absolute atomic E-state index is 0.175. The summed E-state index contributed by atoms with van der Waals surface area (Å²) in [6.07, 6.45) is 1.79. The van der Waals surface area contributed by atoms with Crippen LogP contribution in [0.5, 0.6) is 0 Å². The molecule has 6 heteroatoms. The Morgan fingerprint density at radius 3 is 2.45 bits per heavy atom. The van der Waals surface area contributed by atoms with Gasteiger partial charge in [0.15, 0.2) is 0 Å². The van der Waals surface area contributed by atoms with Crippen LogP contribution in [0.25, 0.3) is 6.08 Å². The second-order valence-corrected chi connectivity index (χ2v) is 6.58. The number of amides is 2. The second-order valence-electron chi connectivity index (χ2n) is 5.58. The zero-order valence-corrected chi connectivity index (χ0v) is 13.4. The molecular weight excluding hydrogens is 298 g/mol. The van der Waals surface area contributed by atoms with Crippen molar-refractivity contribution in [2.75, 3.05) is 39.9 Å². The number of rotatable bonds is 3. The summed E-state index contributed by atoms with van der Waals surface area (Å²) >= 11 is 1.03. The van der Waals surface area contributed by atoms with Crippen LogP contribution in [-0.2, 0) is 4.79 Å². The zero-order chi connectivity index (χ0) is 15.5. The summed E-state index contributed by atoms with van der Waals surface area (Å²) in [5, 5.41) is -0.175. The van der Waals surface area contributed by atoms with Crippen molar-refractivity contribution in [3.8, 4) is 0 Å². The third kappa shape index (κ3) is 3.40. The number of carbonyl (C=O) groups is 2. The molecule has 2 fully saturated rings. The molecule has 0 saturated carbocycles. The Morgan fingerprint density at radius 1 is 1.09 bits per heavy atom. The van der Waals surface area contributed by atoms with Crippen molar-refractivity contribution in [3.63, 3.8) is 0 Å². The van der Waals surface area contributed by atoms with E-state index in [1.54, 1.807) is 6.08 Å². The van der Waals surface area contributed by atoms with E-state index in [4.69, 9.17) is 0 Å². The van der Waals surface area contributed by atoms with Crippen molar-refractivity contribution in [1.82, 2.24) is 14.7 Å². The largest absolute Gasteiger partial charge is 0.304 e. The van der Waals surface area contributed by atoms with Gasteiger partial charge < -0.3 is 4.90 Å². The molecule has 2 aliphatic rings.